The van der Waals surface area contributed by atoms with Gasteiger partial charge in [-0.2, -0.15) is 4.40 Å². The monoisotopic (exact) mass is 559 g/mol. The number of carbonyl (C=O) groups excluding carboxylic acids is 3. The van der Waals surface area contributed by atoms with Crippen LogP contribution in [0, 0.1) is 0 Å². The number of hydrogen-bond acceptors (Lipinski definition) is 11. The number of amides is 2. The number of thioether (sulfide) groups is 1. The van der Waals surface area contributed by atoms with Crippen LogP contribution in [0.2, 0.25) is 0 Å². The molecule has 37 heavy (non-hydrogen) atoms. The predicted molar refractivity (Wildman–Crippen MR) is 135 cm³/mol. The highest BCUT2D eigenvalue weighted by Gasteiger charge is 2.53. The summed E-state index contributed by atoms with van der Waals surface area (Å²) in [6, 6.07) is -0.929. The van der Waals surface area contributed by atoms with Gasteiger partial charge in [-0.15, -0.1) is 23.1 Å². The van der Waals surface area contributed by atoms with Gasteiger partial charge >= 0.3 is 0 Å². The number of rotatable bonds is 7. The van der Waals surface area contributed by atoms with E-state index in [9.17, 15) is 19.5 Å². The highest BCUT2D eigenvalue weighted by Crippen LogP contribution is 2.40. The molecule has 0 spiro atoms. The van der Waals surface area contributed by atoms with Crippen molar-refractivity contribution in [1.29, 1.82) is 0 Å². The molecular formula is C22H21N7O5S3. The van der Waals surface area contributed by atoms with Crippen molar-refractivity contribution >= 4 is 67.9 Å². The zero-order valence-electron chi connectivity index (χ0n) is 19.5. The first-order valence-corrected chi connectivity index (χ1v) is 14.1. The minimum atomic E-state index is -1.42. The molecule has 192 valence electrons. The smallest absolute Gasteiger partial charge is 0.276 e. The van der Waals surface area contributed by atoms with Gasteiger partial charge in [0.15, 0.2) is 10.8 Å². The Kier molecular flexibility index (Phi) is 5.92. The summed E-state index contributed by atoms with van der Waals surface area (Å²) in [6.07, 6.45) is 7.28. The second-order valence-corrected chi connectivity index (χ2v) is 11.9. The summed E-state index contributed by atoms with van der Waals surface area (Å²) in [7, 11) is 1.29. The molecule has 1 aliphatic carbocycles. The van der Waals surface area contributed by atoms with Gasteiger partial charge < -0.3 is 25.8 Å². The van der Waals surface area contributed by atoms with Gasteiger partial charge in [0, 0.05) is 23.1 Å². The van der Waals surface area contributed by atoms with E-state index in [0.29, 0.717) is 17.9 Å². The number of β-lactam (4-membered cyclic amide) rings is 1. The Balaban J connectivity index is 1.21. The molecular weight excluding hydrogens is 538 g/mol. The number of fused-ring (bicyclic) bond motifs is 4. The second-order valence-electron chi connectivity index (χ2n) is 8.74. The number of carbonyl (C=O) groups is 3. The standard InChI is InChI=1S/C22H21N7O5S3/c1-34-26-15(11-8-36-22(23)24-11)18(30)25-16-19(31)29-17(21(32)33)10(7-35-20(16)29)5-27-6-14-28(9-27)12-3-2-4-13(12)37-14/h6,8-9,16,20H,2-5,7H2,1H3,(H3-,23,24,25,30,32,33)/b26-15-/t16-,20-/m1/s1. The maximum atomic E-state index is 13.1. The topological polar surface area (TPSA) is 158 Å². The number of carboxylic acid groups (broad SMARTS) is 1. The number of aliphatic carboxylic acids is 1. The third-order valence-electron chi connectivity index (χ3n) is 6.50. The van der Waals surface area contributed by atoms with E-state index in [4.69, 9.17) is 10.6 Å². The highest BCUT2D eigenvalue weighted by molar-refractivity contribution is 8.00. The van der Waals surface area contributed by atoms with Crippen LogP contribution in [0.1, 0.15) is 22.7 Å². The first-order valence-electron chi connectivity index (χ1n) is 11.4. The fourth-order valence-corrected chi connectivity index (χ4v) is 8.06. The van der Waals surface area contributed by atoms with Crippen molar-refractivity contribution in [1.82, 2.24) is 19.6 Å². The Morgan fingerprint density at radius 2 is 2.24 bits per heavy atom. The average molecular weight is 560 g/mol. The van der Waals surface area contributed by atoms with E-state index in [0.717, 1.165) is 35.4 Å². The molecule has 6 rings (SSSR count). The number of nitrogen functional groups attached to an aromatic ring is 1. The normalized spacial score (nSPS) is 21.2. The van der Waals surface area contributed by atoms with Crippen LogP contribution in [-0.2, 0) is 38.6 Å². The molecule has 3 aliphatic rings. The summed E-state index contributed by atoms with van der Waals surface area (Å²) >= 11 is 4.28. The lowest BCUT2D eigenvalue weighted by Gasteiger charge is -2.50. The quantitative estimate of drug-likeness (QED) is 0.166. The third kappa shape index (κ3) is 3.97. The average Bonchev–Trinajstić information content (AvgIpc) is 3.64. The van der Waals surface area contributed by atoms with Crippen LogP contribution < -0.4 is 20.7 Å². The molecule has 0 aromatic carbocycles. The third-order valence-corrected chi connectivity index (χ3v) is 9.71. The number of anilines is 1. The Labute approximate surface area is 222 Å². The lowest BCUT2D eigenvalue weighted by Crippen LogP contribution is -2.71. The Hall–Kier alpha value is -3.43. The maximum Gasteiger partial charge on any atom is 0.276 e. The van der Waals surface area contributed by atoms with Gasteiger partial charge in [-0.25, -0.2) is 9.55 Å². The first kappa shape index (κ1) is 23.9. The van der Waals surface area contributed by atoms with Crippen molar-refractivity contribution in [3.05, 3.63) is 45.4 Å². The van der Waals surface area contributed by atoms with Crippen LogP contribution in [0.15, 0.2) is 34.3 Å². The largest absolute Gasteiger partial charge is 0.543 e. The molecule has 2 amide bonds. The van der Waals surface area contributed by atoms with Crippen molar-refractivity contribution < 1.29 is 28.9 Å². The maximum absolute atomic E-state index is 13.1. The summed E-state index contributed by atoms with van der Waals surface area (Å²) in [5, 5.41) is 19.7. The number of imidazole rings is 1. The first-order chi connectivity index (χ1) is 17.9. The second kappa shape index (κ2) is 9.15. The number of nitrogens with two attached hydrogens (primary N) is 1. The minimum absolute atomic E-state index is 0.129. The molecule has 12 nitrogen and oxygen atoms in total. The summed E-state index contributed by atoms with van der Waals surface area (Å²) in [5.74, 6) is -2.24. The molecule has 0 saturated carbocycles. The summed E-state index contributed by atoms with van der Waals surface area (Å²) in [6.45, 7) is 0.322. The molecule has 3 N–H and O–H groups in total. The van der Waals surface area contributed by atoms with Crippen LogP contribution in [0.3, 0.4) is 0 Å². The number of aromatic nitrogens is 3. The number of thiazole rings is 2. The number of hydrogen-bond donors (Lipinski definition) is 2. The molecule has 5 heterocycles. The van der Waals surface area contributed by atoms with Crippen LogP contribution in [0.4, 0.5) is 5.13 Å². The fourth-order valence-electron chi connectivity index (χ4n) is 4.91. The molecule has 1 fully saturated rings. The zero-order valence-corrected chi connectivity index (χ0v) is 22.0. The van der Waals surface area contributed by atoms with Crippen molar-refractivity contribution in [2.75, 3.05) is 18.6 Å². The van der Waals surface area contributed by atoms with Gasteiger partial charge in [0.1, 0.15) is 42.7 Å². The molecule has 1 saturated heterocycles. The van der Waals surface area contributed by atoms with Gasteiger partial charge in [-0.1, -0.05) is 16.5 Å². The molecule has 2 atom stereocenters. The number of aryl methyl sites for hydroxylation is 2. The predicted octanol–water partition coefficient (Wildman–Crippen LogP) is -0.730. The van der Waals surface area contributed by atoms with Crippen LogP contribution in [0.5, 0.6) is 0 Å². The van der Waals surface area contributed by atoms with Crippen molar-refractivity contribution in [3.8, 4) is 0 Å². The number of carboxylic acids is 1. The summed E-state index contributed by atoms with van der Waals surface area (Å²) < 4.78 is 4.11. The van der Waals surface area contributed by atoms with Gasteiger partial charge in [0.25, 0.3) is 11.8 Å². The summed E-state index contributed by atoms with van der Waals surface area (Å²) in [4.78, 5) is 50.6. The molecule has 3 aromatic heterocycles. The zero-order chi connectivity index (χ0) is 25.8. The Morgan fingerprint density at radius 1 is 1.41 bits per heavy atom. The SMILES string of the molecule is CO/N=C(\C(=O)N[C@@H]1C(=O)N2C(C(=O)[O-])=C(C[n+]3cc4sc5c(n4c3)CCC5)CS[C@H]12)c1csc(N)n1. The molecule has 3 aromatic rings. The van der Waals surface area contributed by atoms with E-state index in [1.165, 1.54) is 34.3 Å². The fraction of sp³-hybridized carbons (Fsp3) is 0.364. The highest BCUT2D eigenvalue weighted by atomic mass is 32.2. The van der Waals surface area contributed by atoms with E-state index < -0.39 is 29.2 Å². The number of nitrogens with zero attached hydrogens (tertiary/aromatic N) is 5. The number of oxime groups is 1. The van der Waals surface area contributed by atoms with Crippen molar-refractivity contribution in [2.24, 2.45) is 5.16 Å². The minimum Gasteiger partial charge on any atom is -0.543 e. The molecule has 0 radical (unpaired) electrons. The Bertz CT molecular complexity index is 1520. The van der Waals surface area contributed by atoms with E-state index in [1.54, 1.807) is 16.7 Å². The van der Waals surface area contributed by atoms with E-state index >= 15 is 0 Å². The van der Waals surface area contributed by atoms with E-state index in [1.807, 2.05) is 17.1 Å². The molecule has 0 unspecified atom stereocenters. The van der Waals surface area contributed by atoms with Gasteiger partial charge in [-0.3, -0.25) is 14.5 Å². The molecule has 15 heteroatoms. The van der Waals surface area contributed by atoms with Crippen LogP contribution in [-0.4, -0.2) is 62.1 Å². The van der Waals surface area contributed by atoms with E-state index in [-0.39, 0.29) is 22.2 Å². The lowest BCUT2D eigenvalue weighted by molar-refractivity contribution is -0.687. The molecule has 2 aliphatic heterocycles. The summed E-state index contributed by atoms with van der Waals surface area (Å²) in [5.41, 5.74) is 7.51. The molecule has 0 bridgehead atoms. The van der Waals surface area contributed by atoms with Crippen LogP contribution >= 0.6 is 34.4 Å². The van der Waals surface area contributed by atoms with Gasteiger partial charge in [0.2, 0.25) is 11.2 Å². The van der Waals surface area contributed by atoms with E-state index in [2.05, 4.69) is 19.9 Å². The lowest BCUT2D eigenvalue weighted by atomic mass is 10.0. The number of nitrogens with one attached hydrogen (secondary N) is 1. The Morgan fingerprint density at radius 3 is 2.97 bits per heavy atom. The van der Waals surface area contributed by atoms with Crippen molar-refractivity contribution in [3.63, 3.8) is 0 Å². The van der Waals surface area contributed by atoms with Gasteiger partial charge in [-0.05, 0) is 12.8 Å². The van der Waals surface area contributed by atoms with Gasteiger partial charge in [0.05, 0.1) is 16.5 Å². The van der Waals surface area contributed by atoms with Crippen LogP contribution in [0.25, 0.3) is 4.83 Å². The van der Waals surface area contributed by atoms with Crippen molar-refractivity contribution in [2.45, 2.75) is 37.2 Å².